The van der Waals surface area contributed by atoms with Gasteiger partial charge in [-0.1, -0.05) is 29.3 Å². The third-order valence-corrected chi connectivity index (χ3v) is 4.19. The Morgan fingerprint density at radius 1 is 1.14 bits per heavy atom. The third-order valence-electron chi connectivity index (χ3n) is 3.18. The first kappa shape index (κ1) is 16.9. The molecule has 0 saturated heterocycles. The van der Waals surface area contributed by atoms with E-state index in [4.69, 9.17) is 39.5 Å². The topological polar surface area (TPSA) is 29.5 Å². The van der Waals surface area contributed by atoms with Crippen LogP contribution in [0.3, 0.4) is 0 Å². The van der Waals surface area contributed by atoms with E-state index in [2.05, 4.69) is 0 Å². The number of aryl methyl sites for hydroxylation is 1. The van der Waals surface area contributed by atoms with Crippen molar-refractivity contribution in [3.8, 4) is 5.75 Å². The fourth-order valence-electron chi connectivity index (χ4n) is 2.04. The molecule has 6 heteroatoms. The molecule has 0 radical (unpaired) electrons. The van der Waals surface area contributed by atoms with Gasteiger partial charge in [-0.2, -0.15) is 0 Å². The van der Waals surface area contributed by atoms with Crippen molar-refractivity contribution in [1.82, 2.24) is 0 Å². The number of amides is 1. The maximum Gasteiger partial charge on any atom is 0.246 e. The molecule has 2 rings (SSSR count). The Hall–Kier alpha value is -1.42. The van der Waals surface area contributed by atoms with E-state index >= 15 is 0 Å². The molecule has 116 valence electrons. The van der Waals surface area contributed by atoms with Crippen molar-refractivity contribution in [2.24, 2.45) is 0 Å². The number of hydrogen-bond acceptors (Lipinski definition) is 2. The Balaban J connectivity index is 2.60. The SMILES string of the molecule is COc1ccc(N(C(=O)CCl)c2c(Cl)ccc(C)c2Cl)cc1. The van der Waals surface area contributed by atoms with Crippen LogP contribution >= 0.6 is 34.8 Å². The molecule has 0 fully saturated rings. The summed E-state index contributed by atoms with van der Waals surface area (Å²) in [5.41, 5.74) is 1.86. The van der Waals surface area contributed by atoms with Crippen molar-refractivity contribution in [2.75, 3.05) is 17.9 Å². The summed E-state index contributed by atoms with van der Waals surface area (Å²) in [6.07, 6.45) is 0. The smallest absolute Gasteiger partial charge is 0.246 e. The van der Waals surface area contributed by atoms with E-state index in [0.29, 0.717) is 27.2 Å². The summed E-state index contributed by atoms with van der Waals surface area (Å²) in [6, 6.07) is 10.5. The number of benzene rings is 2. The van der Waals surface area contributed by atoms with Gasteiger partial charge in [0.1, 0.15) is 11.6 Å². The van der Waals surface area contributed by atoms with Gasteiger partial charge in [-0.15, -0.1) is 11.6 Å². The Labute approximate surface area is 144 Å². The second-order valence-corrected chi connectivity index (χ2v) is 5.64. The molecule has 0 spiro atoms. The maximum absolute atomic E-state index is 12.3. The van der Waals surface area contributed by atoms with Gasteiger partial charge in [-0.25, -0.2) is 0 Å². The predicted octanol–water partition coefficient (Wildman–Crippen LogP) is 5.21. The quantitative estimate of drug-likeness (QED) is 0.702. The number of carbonyl (C=O) groups excluding carboxylic acids is 1. The Kier molecular flexibility index (Phi) is 5.57. The van der Waals surface area contributed by atoms with Crippen LogP contribution in [-0.4, -0.2) is 18.9 Å². The summed E-state index contributed by atoms with van der Waals surface area (Å²) in [6.45, 7) is 1.85. The van der Waals surface area contributed by atoms with Gasteiger partial charge in [0.15, 0.2) is 0 Å². The number of alkyl halides is 1. The number of methoxy groups -OCH3 is 1. The van der Waals surface area contributed by atoms with E-state index in [1.807, 2.05) is 6.92 Å². The monoisotopic (exact) mass is 357 g/mol. The molecule has 0 saturated carbocycles. The van der Waals surface area contributed by atoms with Gasteiger partial charge in [-0.3, -0.25) is 9.69 Å². The zero-order chi connectivity index (χ0) is 16.3. The Bertz CT molecular complexity index is 687. The molecule has 3 nitrogen and oxygen atoms in total. The van der Waals surface area contributed by atoms with Crippen molar-refractivity contribution in [2.45, 2.75) is 6.92 Å². The second-order valence-electron chi connectivity index (χ2n) is 4.59. The molecule has 1 amide bonds. The predicted molar refractivity (Wildman–Crippen MR) is 92.1 cm³/mol. The lowest BCUT2D eigenvalue weighted by molar-refractivity contribution is -0.115. The molecular formula is C16H14Cl3NO2. The average Bonchev–Trinajstić information content (AvgIpc) is 2.54. The van der Waals surface area contributed by atoms with Crippen LogP contribution in [0.1, 0.15) is 5.56 Å². The average molecular weight is 359 g/mol. The van der Waals surface area contributed by atoms with Gasteiger partial charge in [0.2, 0.25) is 5.91 Å². The number of rotatable bonds is 4. The maximum atomic E-state index is 12.3. The van der Waals surface area contributed by atoms with Crippen molar-refractivity contribution in [3.05, 3.63) is 52.0 Å². The number of halogens is 3. The van der Waals surface area contributed by atoms with Gasteiger partial charge in [0.25, 0.3) is 0 Å². The summed E-state index contributed by atoms with van der Waals surface area (Å²) in [5.74, 6) is 0.178. The van der Waals surface area contributed by atoms with E-state index in [1.54, 1.807) is 43.5 Å². The molecule has 0 heterocycles. The largest absolute Gasteiger partial charge is 0.497 e. The molecule has 0 unspecified atom stereocenters. The fraction of sp³-hybridized carbons (Fsp3) is 0.188. The molecule has 0 bridgehead atoms. The lowest BCUT2D eigenvalue weighted by atomic mass is 10.1. The minimum atomic E-state index is -0.318. The summed E-state index contributed by atoms with van der Waals surface area (Å²) < 4.78 is 5.13. The molecule has 2 aromatic rings. The number of ether oxygens (including phenoxy) is 1. The van der Waals surface area contributed by atoms with Crippen LogP contribution < -0.4 is 9.64 Å². The first-order valence-corrected chi connectivity index (χ1v) is 7.76. The lowest BCUT2D eigenvalue weighted by Crippen LogP contribution is -2.27. The van der Waals surface area contributed by atoms with Crippen LogP contribution in [0, 0.1) is 6.92 Å². The molecule has 0 aliphatic rings. The van der Waals surface area contributed by atoms with E-state index < -0.39 is 0 Å². The molecule has 0 aliphatic carbocycles. The summed E-state index contributed by atoms with van der Waals surface area (Å²) >= 11 is 18.4. The Morgan fingerprint density at radius 3 is 2.32 bits per heavy atom. The standard InChI is InChI=1S/C16H14Cl3NO2/c1-10-3-8-13(18)16(15(10)19)20(14(21)9-17)11-4-6-12(22-2)7-5-11/h3-8H,9H2,1-2H3. The van der Waals surface area contributed by atoms with Crippen LogP contribution in [-0.2, 0) is 4.79 Å². The van der Waals surface area contributed by atoms with E-state index in [0.717, 1.165) is 5.56 Å². The van der Waals surface area contributed by atoms with Gasteiger partial charge in [-0.05, 0) is 42.8 Å². The highest BCUT2D eigenvalue weighted by atomic mass is 35.5. The first-order chi connectivity index (χ1) is 10.5. The highest BCUT2D eigenvalue weighted by Gasteiger charge is 2.23. The van der Waals surface area contributed by atoms with Crippen LogP contribution in [0.15, 0.2) is 36.4 Å². The number of carbonyl (C=O) groups is 1. The van der Waals surface area contributed by atoms with Gasteiger partial charge >= 0.3 is 0 Å². The molecule has 0 aromatic heterocycles. The van der Waals surface area contributed by atoms with Crippen LogP contribution in [0.2, 0.25) is 10.0 Å². The van der Waals surface area contributed by atoms with Crippen LogP contribution in [0.5, 0.6) is 5.75 Å². The highest BCUT2D eigenvalue weighted by Crippen LogP contribution is 2.40. The number of nitrogens with zero attached hydrogens (tertiary/aromatic N) is 1. The molecule has 22 heavy (non-hydrogen) atoms. The molecule has 2 aromatic carbocycles. The van der Waals surface area contributed by atoms with Gasteiger partial charge < -0.3 is 4.74 Å². The first-order valence-electron chi connectivity index (χ1n) is 6.47. The Morgan fingerprint density at radius 2 is 1.77 bits per heavy atom. The van der Waals surface area contributed by atoms with Crippen LogP contribution in [0.25, 0.3) is 0 Å². The normalized spacial score (nSPS) is 10.4. The zero-order valence-corrected chi connectivity index (χ0v) is 14.3. The molecule has 0 aliphatic heterocycles. The van der Waals surface area contributed by atoms with Gasteiger partial charge in [0, 0.05) is 5.69 Å². The number of hydrogen-bond donors (Lipinski definition) is 0. The number of anilines is 2. The fourth-order valence-corrected chi connectivity index (χ4v) is 2.69. The van der Waals surface area contributed by atoms with Crippen molar-refractivity contribution in [3.63, 3.8) is 0 Å². The second kappa shape index (κ2) is 7.23. The minimum absolute atomic E-state index is 0.188. The van der Waals surface area contributed by atoms with Crippen LogP contribution in [0.4, 0.5) is 11.4 Å². The van der Waals surface area contributed by atoms with Crippen molar-refractivity contribution >= 4 is 52.1 Å². The van der Waals surface area contributed by atoms with Crippen molar-refractivity contribution < 1.29 is 9.53 Å². The summed E-state index contributed by atoms with van der Waals surface area (Å²) in [7, 11) is 1.57. The third kappa shape index (κ3) is 3.32. The summed E-state index contributed by atoms with van der Waals surface area (Å²) in [4.78, 5) is 13.7. The van der Waals surface area contributed by atoms with Gasteiger partial charge in [0.05, 0.1) is 22.8 Å². The van der Waals surface area contributed by atoms with Crippen molar-refractivity contribution in [1.29, 1.82) is 0 Å². The molecule has 0 N–H and O–H groups in total. The summed E-state index contributed by atoms with van der Waals surface area (Å²) in [5, 5.41) is 0.798. The van der Waals surface area contributed by atoms with E-state index in [9.17, 15) is 4.79 Å². The lowest BCUT2D eigenvalue weighted by Gasteiger charge is -2.25. The minimum Gasteiger partial charge on any atom is -0.497 e. The highest BCUT2D eigenvalue weighted by molar-refractivity contribution is 6.41. The van der Waals surface area contributed by atoms with E-state index in [1.165, 1.54) is 4.90 Å². The molecule has 0 atom stereocenters. The van der Waals surface area contributed by atoms with E-state index in [-0.39, 0.29) is 11.8 Å². The zero-order valence-electron chi connectivity index (χ0n) is 12.1. The molecular weight excluding hydrogens is 345 g/mol.